The lowest BCUT2D eigenvalue weighted by Gasteiger charge is -2.26. The summed E-state index contributed by atoms with van der Waals surface area (Å²) in [5.41, 5.74) is 1.61. The Labute approximate surface area is 198 Å². The number of guanidine groups is 1. The summed E-state index contributed by atoms with van der Waals surface area (Å²) >= 11 is 0. The number of halogens is 1. The van der Waals surface area contributed by atoms with Crippen LogP contribution in [0.4, 0.5) is 0 Å². The molecule has 1 aliphatic rings. The van der Waals surface area contributed by atoms with Crippen molar-refractivity contribution >= 4 is 41.8 Å². The monoisotopic (exact) mass is 540 g/mol. The Bertz CT molecular complexity index is 897. The molecule has 3 rings (SSSR count). The van der Waals surface area contributed by atoms with Crippen LogP contribution in [-0.2, 0) is 24.3 Å². The van der Waals surface area contributed by atoms with Gasteiger partial charge in [-0.25, -0.2) is 0 Å². The summed E-state index contributed by atoms with van der Waals surface area (Å²) in [6.45, 7) is 5.22. The zero-order valence-electron chi connectivity index (χ0n) is 17.8. The zero-order chi connectivity index (χ0) is 21.3. The van der Waals surface area contributed by atoms with E-state index in [0.29, 0.717) is 37.7 Å². The van der Waals surface area contributed by atoms with Crippen LogP contribution < -0.4 is 16.0 Å². The molecule has 11 heteroatoms. The molecule has 0 aliphatic carbocycles. The molecule has 1 saturated heterocycles. The summed E-state index contributed by atoms with van der Waals surface area (Å²) in [4.78, 5) is 29.8. The van der Waals surface area contributed by atoms with Crippen LogP contribution in [0.3, 0.4) is 0 Å². The fourth-order valence-corrected chi connectivity index (χ4v) is 3.20. The lowest BCUT2D eigenvalue weighted by molar-refractivity contribution is -0.123. The quantitative estimate of drug-likeness (QED) is 0.266. The van der Waals surface area contributed by atoms with Crippen LogP contribution in [0, 0.1) is 0 Å². The molecule has 0 radical (unpaired) electrons. The van der Waals surface area contributed by atoms with E-state index in [9.17, 15) is 9.59 Å². The molecule has 1 aromatic carbocycles. The molecule has 0 spiro atoms. The topological polar surface area (TPSA) is 117 Å². The standard InChI is InChI=1S/C20H28N8O2.HI/c1-3-17-26-25-14-28(17)11-9-23-20(21-2)24-12-15-4-6-16(7-5-15)19(30)27-10-8-22-18(29)13-27;/h4-7,14H,3,8-13H2,1-2H3,(H,22,29)(H2,21,23,24);1H. The van der Waals surface area contributed by atoms with E-state index in [-0.39, 0.29) is 42.3 Å². The lowest BCUT2D eigenvalue weighted by atomic mass is 10.1. The van der Waals surface area contributed by atoms with E-state index in [1.165, 1.54) is 0 Å². The van der Waals surface area contributed by atoms with Crippen LogP contribution in [0.25, 0.3) is 0 Å². The van der Waals surface area contributed by atoms with Gasteiger partial charge in [-0.2, -0.15) is 0 Å². The molecule has 168 valence electrons. The molecule has 2 aromatic rings. The SMILES string of the molecule is CCc1nncn1CCNC(=NC)NCc1ccc(C(=O)N2CCNC(=O)C2)cc1.I. The van der Waals surface area contributed by atoms with Crippen molar-refractivity contribution in [1.82, 2.24) is 35.6 Å². The maximum Gasteiger partial charge on any atom is 0.254 e. The van der Waals surface area contributed by atoms with Gasteiger partial charge in [-0.1, -0.05) is 19.1 Å². The third-order valence-electron chi connectivity index (χ3n) is 4.87. The molecule has 0 bridgehead atoms. The minimum absolute atomic E-state index is 0. The highest BCUT2D eigenvalue weighted by molar-refractivity contribution is 14.0. The van der Waals surface area contributed by atoms with Crippen LogP contribution in [-0.4, -0.2) is 70.7 Å². The summed E-state index contributed by atoms with van der Waals surface area (Å²) in [5, 5.41) is 17.3. The number of hydrogen-bond donors (Lipinski definition) is 3. The Balaban J connectivity index is 0.00000341. The van der Waals surface area contributed by atoms with Crippen molar-refractivity contribution in [2.24, 2.45) is 4.99 Å². The number of carbonyl (C=O) groups excluding carboxylic acids is 2. The van der Waals surface area contributed by atoms with Crippen LogP contribution in [0.2, 0.25) is 0 Å². The molecule has 1 aromatic heterocycles. The molecule has 31 heavy (non-hydrogen) atoms. The van der Waals surface area contributed by atoms with Gasteiger partial charge in [0.2, 0.25) is 5.91 Å². The highest BCUT2D eigenvalue weighted by Crippen LogP contribution is 2.09. The van der Waals surface area contributed by atoms with Crippen LogP contribution in [0.15, 0.2) is 35.6 Å². The second kappa shape index (κ2) is 12.2. The van der Waals surface area contributed by atoms with Crippen LogP contribution >= 0.6 is 24.0 Å². The first-order valence-electron chi connectivity index (χ1n) is 10.1. The average molecular weight is 540 g/mol. The predicted molar refractivity (Wildman–Crippen MR) is 128 cm³/mol. The molecule has 1 aliphatic heterocycles. The second-order valence-electron chi connectivity index (χ2n) is 6.92. The number of benzene rings is 1. The number of aliphatic imine (C=N–C) groups is 1. The number of piperazine rings is 1. The van der Waals surface area contributed by atoms with Crippen molar-refractivity contribution in [2.75, 3.05) is 33.2 Å². The van der Waals surface area contributed by atoms with Gasteiger partial charge in [-0.05, 0) is 17.7 Å². The van der Waals surface area contributed by atoms with Crippen LogP contribution in [0.1, 0.15) is 28.7 Å². The Kier molecular flexibility index (Phi) is 9.69. The van der Waals surface area contributed by atoms with Crippen molar-refractivity contribution in [3.05, 3.63) is 47.5 Å². The van der Waals surface area contributed by atoms with E-state index in [1.807, 2.05) is 16.7 Å². The van der Waals surface area contributed by atoms with Gasteiger partial charge < -0.3 is 25.4 Å². The van der Waals surface area contributed by atoms with E-state index in [1.54, 1.807) is 30.4 Å². The number of aromatic nitrogens is 3. The normalized spacial score (nSPS) is 13.9. The highest BCUT2D eigenvalue weighted by Gasteiger charge is 2.22. The van der Waals surface area contributed by atoms with Crippen molar-refractivity contribution in [1.29, 1.82) is 0 Å². The number of nitrogens with one attached hydrogen (secondary N) is 3. The Morgan fingerprint density at radius 2 is 2.03 bits per heavy atom. The van der Waals surface area contributed by atoms with Crippen LogP contribution in [0.5, 0.6) is 0 Å². The molecule has 1 fully saturated rings. The van der Waals surface area contributed by atoms with Gasteiger partial charge in [0.15, 0.2) is 5.96 Å². The van der Waals surface area contributed by atoms with Crippen molar-refractivity contribution in [3.63, 3.8) is 0 Å². The lowest BCUT2D eigenvalue weighted by Crippen LogP contribution is -2.49. The molecule has 3 N–H and O–H groups in total. The van der Waals surface area contributed by atoms with Crippen molar-refractivity contribution < 1.29 is 9.59 Å². The summed E-state index contributed by atoms with van der Waals surface area (Å²) < 4.78 is 2.02. The number of aryl methyl sites for hydroxylation is 1. The first-order chi connectivity index (χ1) is 14.6. The highest BCUT2D eigenvalue weighted by atomic mass is 127. The zero-order valence-corrected chi connectivity index (χ0v) is 20.1. The third-order valence-corrected chi connectivity index (χ3v) is 4.87. The van der Waals surface area contributed by atoms with E-state index < -0.39 is 0 Å². The summed E-state index contributed by atoms with van der Waals surface area (Å²) in [7, 11) is 1.72. The van der Waals surface area contributed by atoms with E-state index >= 15 is 0 Å². The molecule has 0 saturated carbocycles. The summed E-state index contributed by atoms with van der Waals surface area (Å²) in [6.07, 6.45) is 2.58. The number of amides is 2. The number of rotatable bonds is 7. The van der Waals surface area contributed by atoms with Gasteiger partial charge in [0.1, 0.15) is 12.2 Å². The van der Waals surface area contributed by atoms with E-state index in [2.05, 4.69) is 38.1 Å². The van der Waals surface area contributed by atoms with E-state index in [0.717, 1.165) is 24.4 Å². The van der Waals surface area contributed by atoms with Gasteiger partial charge in [0.25, 0.3) is 5.91 Å². The van der Waals surface area contributed by atoms with Gasteiger partial charge in [-0.15, -0.1) is 34.2 Å². The molecule has 2 amide bonds. The Hall–Kier alpha value is -2.70. The maximum absolute atomic E-state index is 12.5. The molecular weight excluding hydrogens is 511 g/mol. The van der Waals surface area contributed by atoms with Gasteiger partial charge >= 0.3 is 0 Å². The second-order valence-corrected chi connectivity index (χ2v) is 6.92. The first kappa shape index (κ1) is 24.6. The third kappa shape index (κ3) is 6.91. The Morgan fingerprint density at radius 3 is 2.71 bits per heavy atom. The molecule has 0 atom stereocenters. The first-order valence-corrected chi connectivity index (χ1v) is 10.1. The van der Waals surface area contributed by atoms with Gasteiger partial charge in [-0.3, -0.25) is 14.6 Å². The van der Waals surface area contributed by atoms with Gasteiger partial charge in [0, 0.05) is 51.8 Å². The van der Waals surface area contributed by atoms with Crippen molar-refractivity contribution in [2.45, 2.75) is 26.4 Å². The summed E-state index contributed by atoms with van der Waals surface area (Å²) in [5.74, 6) is 1.41. The fourth-order valence-electron chi connectivity index (χ4n) is 3.20. The fraction of sp³-hybridized carbons (Fsp3) is 0.450. The maximum atomic E-state index is 12.5. The Morgan fingerprint density at radius 1 is 1.26 bits per heavy atom. The molecular formula is C20H29IN8O2. The molecule has 2 heterocycles. The average Bonchev–Trinajstić information content (AvgIpc) is 3.23. The summed E-state index contributed by atoms with van der Waals surface area (Å²) in [6, 6.07) is 7.39. The minimum Gasteiger partial charge on any atom is -0.355 e. The predicted octanol–water partition coefficient (Wildman–Crippen LogP) is 0.396. The minimum atomic E-state index is -0.123. The molecule has 10 nitrogen and oxygen atoms in total. The number of carbonyl (C=O) groups is 2. The molecule has 0 unspecified atom stereocenters. The number of nitrogens with zero attached hydrogens (tertiary/aromatic N) is 5. The number of hydrogen-bond acceptors (Lipinski definition) is 5. The van der Waals surface area contributed by atoms with Gasteiger partial charge in [0.05, 0.1) is 6.54 Å². The van der Waals surface area contributed by atoms with E-state index in [4.69, 9.17) is 0 Å². The van der Waals surface area contributed by atoms with Crippen molar-refractivity contribution in [3.8, 4) is 0 Å². The largest absolute Gasteiger partial charge is 0.355 e. The smallest absolute Gasteiger partial charge is 0.254 e.